The second-order valence-electron chi connectivity index (χ2n) is 9.58. The summed E-state index contributed by atoms with van der Waals surface area (Å²) >= 11 is 0. The van der Waals surface area contributed by atoms with Crippen molar-refractivity contribution in [3.05, 3.63) is 87.2 Å². The molecule has 11 heteroatoms. The molecule has 1 aromatic heterocycles. The minimum Gasteiger partial charge on any atom is -0.459 e. The van der Waals surface area contributed by atoms with Crippen molar-refractivity contribution >= 4 is 23.5 Å². The highest BCUT2D eigenvalue weighted by molar-refractivity contribution is 6.05. The number of amides is 2. The molecule has 1 fully saturated rings. The fraction of sp³-hybridized carbons (Fsp3) is 0.321. The summed E-state index contributed by atoms with van der Waals surface area (Å²) in [6.07, 6.45) is -0.400. The van der Waals surface area contributed by atoms with Gasteiger partial charge in [0.1, 0.15) is 11.3 Å². The first-order valence-electron chi connectivity index (χ1n) is 12.6. The Bertz CT molecular complexity index is 1410. The third-order valence-electron chi connectivity index (χ3n) is 6.37. The quantitative estimate of drug-likeness (QED) is 0.265. The van der Waals surface area contributed by atoms with Crippen molar-refractivity contribution in [2.75, 3.05) is 19.6 Å². The van der Waals surface area contributed by atoms with Crippen molar-refractivity contribution < 1.29 is 24.0 Å². The molecule has 4 rings (SSSR count). The van der Waals surface area contributed by atoms with Crippen molar-refractivity contribution in [2.24, 2.45) is 0 Å². The lowest BCUT2D eigenvalue weighted by Crippen LogP contribution is -2.55. The van der Waals surface area contributed by atoms with Gasteiger partial charge in [0, 0.05) is 48.9 Å². The molecular formula is C28H29N5O6. The number of carbonyl (C=O) groups is 3. The van der Waals surface area contributed by atoms with Crippen LogP contribution >= 0.6 is 0 Å². The van der Waals surface area contributed by atoms with Gasteiger partial charge in [0.2, 0.25) is 0 Å². The molecule has 2 aromatic carbocycles. The largest absolute Gasteiger partial charge is 0.459 e. The summed E-state index contributed by atoms with van der Waals surface area (Å²) in [5.41, 5.74) is 1.23. The third-order valence-corrected chi connectivity index (χ3v) is 6.37. The van der Waals surface area contributed by atoms with Gasteiger partial charge in [-0.15, -0.1) is 0 Å². The van der Waals surface area contributed by atoms with Crippen molar-refractivity contribution in [2.45, 2.75) is 39.8 Å². The second kappa shape index (κ2) is 11.4. The van der Waals surface area contributed by atoms with Crippen LogP contribution in [0.1, 0.15) is 57.7 Å². The summed E-state index contributed by atoms with van der Waals surface area (Å²) in [7, 11) is 0. The first-order valence-corrected chi connectivity index (χ1v) is 12.6. The molecule has 39 heavy (non-hydrogen) atoms. The number of esters is 1. The van der Waals surface area contributed by atoms with E-state index in [0.29, 0.717) is 22.6 Å². The summed E-state index contributed by atoms with van der Waals surface area (Å²) in [4.78, 5) is 62.5. The average Bonchev–Trinajstić information content (AvgIpc) is 2.91. The number of hydrogen-bond donors (Lipinski definition) is 0. The van der Waals surface area contributed by atoms with E-state index in [2.05, 4.69) is 9.97 Å². The van der Waals surface area contributed by atoms with Crippen LogP contribution in [0.4, 0.5) is 5.69 Å². The maximum atomic E-state index is 13.8. The van der Waals surface area contributed by atoms with Gasteiger partial charge in [-0.05, 0) is 39.8 Å². The van der Waals surface area contributed by atoms with Crippen LogP contribution < -0.4 is 0 Å². The number of non-ortho nitro benzene ring substituents is 1. The predicted octanol–water partition coefficient (Wildman–Crippen LogP) is 3.91. The maximum absolute atomic E-state index is 13.8. The van der Waals surface area contributed by atoms with Crippen LogP contribution in [0.15, 0.2) is 54.6 Å². The number of rotatable bonds is 6. The molecule has 0 saturated carbocycles. The molecule has 2 amide bonds. The molecule has 1 aliphatic rings. The van der Waals surface area contributed by atoms with Crippen molar-refractivity contribution in [3.8, 4) is 11.4 Å². The van der Waals surface area contributed by atoms with E-state index in [1.54, 1.807) is 30.6 Å². The van der Waals surface area contributed by atoms with Crippen molar-refractivity contribution in [1.82, 2.24) is 19.8 Å². The summed E-state index contributed by atoms with van der Waals surface area (Å²) < 4.78 is 5.40. The monoisotopic (exact) mass is 531 g/mol. The van der Waals surface area contributed by atoms with Crippen LogP contribution in [0.3, 0.4) is 0 Å². The molecular weight excluding hydrogens is 502 g/mol. The zero-order valence-electron chi connectivity index (χ0n) is 22.2. The fourth-order valence-corrected chi connectivity index (χ4v) is 4.45. The number of carbonyl (C=O) groups excluding carboxylic acids is 3. The van der Waals surface area contributed by atoms with Gasteiger partial charge in [0.15, 0.2) is 5.82 Å². The van der Waals surface area contributed by atoms with Gasteiger partial charge in [-0.3, -0.25) is 19.7 Å². The van der Waals surface area contributed by atoms with E-state index in [9.17, 15) is 24.5 Å². The molecule has 1 aliphatic heterocycles. The second-order valence-corrected chi connectivity index (χ2v) is 9.58. The normalized spacial score (nSPS) is 15.3. The Kier molecular flexibility index (Phi) is 7.99. The first kappa shape index (κ1) is 27.4. The number of aromatic nitrogens is 2. The van der Waals surface area contributed by atoms with E-state index in [1.165, 1.54) is 24.3 Å². The van der Waals surface area contributed by atoms with E-state index in [0.717, 1.165) is 0 Å². The number of benzene rings is 2. The zero-order valence-corrected chi connectivity index (χ0v) is 22.2. The summed E-state index contributed by atoms with van der Waals surface area (Å²) in [6, 6.07) is 14.2. The fourth-order valence-electron chi connectivity index (χ4n) is 4.45. The average molecular weight is 532 g/mol. The summed E-state index contributed by atoms with van der Waals surface area (Å²) in [5.74, 6) is -1.10. The highest BCUT2D eigenvalue weighted by atomic mass is 16.6. The lowest BCUT2D eigenvalue weighted by atomic mass is 10.1. The number of ether oxygens (including phenoxy) is 1. The van der Waals surface area contributed by atoms with E-state index in [-0.39, 0.29) is 48.5 Å². The van der Waals surface area contributed by atoms with Gasteiger partial charge >= 0.3 is 5.97 Å². The Morgan fingerprint density at radius 3 is 2.26 bits per heavy atom. The molecule has 0 N–H and O–H groups in total. The summed E-state index contributed by atoms with van der Waals surface area (Å²) in [6.45, 7) is 7.56. The minimum absolute atomic E-state index is 0.0189. The molecule has 0 bridgehead atoms. The van der Waals surface area contributed by atoms with E-state index >= 15 is 0 Å². The lowest BCUT2D eigenvalue weighted by Gasteiger charge is -2.40. The molecule has 202 valence electrons. The van der Waals surface area contributed by atoms with Crippen LogP contribution in [0.5, 0.6) is 0 Å². The number of nitro benzene ring substituents is 1. The molecule has 1 atom stereocenters. The Labute approximate surface area is 225 Å². The Hall–Kier alpha value is -4.67. The molecule has 0 aliphatic carbocycles. The number of hydrogen-bond acceptors (Lipinski definition) is 8. The highest BCUT2D eigenvalue weighted by Crippen LogP contribution is 2.24. The van der Waals surface area contributed by atoms with E-state index in [4.69, 9.17) is 4.74 Å². The predicted molar refractivity (Wildman–Crippen MR) is 142 cm³/mol. The molecule has 0 spiro atoms. The minimum atomic E-state index is -0.675. The van der Waals surface area contributed by atoms with Crippen LogP contribution in [-0.4, -0.2) is 74.3 Å². The van der Waals surface area contributed by atoms with Gasteiger partial charge in [-0.1, -0.05) is 30.3 Å². The van der Waals surface area contributed by atoms with Gasteiger partial charge in [-0.25, -0.2) is 14.8 Å². The van der Waals surface area contributed by atoms with E-state index in [1.807, 2.05) is 37.3 Å². The number of piperazine rings is 1. The smallest absolute Gasteiger partial charge is 0.342 e. The molecule has 1 saturated heterocycles. The van der Waals surface area contributed by atoms with Gasteiger partial charge in [0.05, 0.1) is 16.7 Å². The molecule has 11 nitrogen and oxygen atoms in total. The lowest BCUT2D eigenvalue weighted by molar-refractivity contribution is -0.384. The molecule has 2 heterocycles. The first-order chi connectivity index (χ1) is 18.6. The SMILES string of the molecule is Cc1nc(-c2ccccc2)nc(C(=O)N2CCN(C(=O)c3ccc([N+](=O)[O-])cc3)C(C)C2)c1C(=O)OC(C)C. The van der Waals surface area contributed by atoms with Gasteiger partial charge < -0.3 is 14.5 Å². The number of nitrogens with zero attached hydrogens (tertiary/aromatic N) is 5. The van der Waals surface area contributed by atoms with Crippen LogP contribution in [-0.2, 0) is 4.74 Å². The number of aryl methyl sites for hydroxylation is 1. The standard InChI is InChI=1S/C28H29N5O6/c1-17(2)39-28(36)23-19(4)29-25(20-8-6-5-7-9-20)30-24(23)27(35)31-14-15-32(18(3)16-31)26(34)21-10-12-22(13-11-21)33(37)38/h5-13,17-18H,14-16H2,1-4H3. The van der Waals surface area contributed by atoms with Crippen LogP contribution in [0.25, 0.3) is 11.4 Å². The van der Waals surface area contributed by atoms with Crippen LogP contribution in [0, 0.1) is 17.0 Å². The van der Waals surface area contributed by atoms with Gasteiger partial charge in [-0.2, -0.15) is 0 Å². The topological polar surface area (TPSA) is 136 Å². The zero-order chi connectivity index (χ0) is 28.3. The van der Waals surface area contributed by atoms with Crippen molar-refractivity contribution in [3.63, 3.8) is 0 Å². The maximum Gasteiger partial charge on any atom is 0.342 e. The van der Waals surface area contributed by atoms with Crippen LogP contribution in [0.2, 0.25) is 0 Å². The molecule has 0 radical (unpaired) electrons. The Morgan fingerprint density at radius 1 is 1.00 bits per heavy atom. The molecule has 3 aromatic rings. The molecule has 1 unspecified atom stereocenters. The Morgan fingerprint density at radius 2 is 1.67 bits per heavy atom. The third kappa shape index (κ3) is 5.92. The van der Waals surface area contributed by atoms with E-state index < -0.39 is 22.9 Å². The van der Waals surface area contributed by atoms with Gasteiger partial charge in [0.25, 0.3) is 17.5 Å². The Balaban J connectivity index is 1.60. The van der Waals surface area contributed by atoms with Crippen molar-refractivity contribution in [1.29, 1.82) is 0 Å². The summed E-state index contributed by atoms with van der Waals surface area (Å²) in [5, 5.41) is 10.9. The number of nitro groups is 1. The highest BCUT2D eigenvalue weighted by Gasteiger charge is 2.34.